The van der Waals surface area contributed by atoms with E-state index in [9.17, 15) is 24.5 Å². The minimum atomic E-state index is -1.37. The van der Waals surface area contributed by atoms with Gasteiger partial charge in [0.15, 0.2) is 0 Å². The van der Waals surface area contributed by atoms with Crippen molar-refractivity contribution in [1.82, 2.24) is 4.98 Å². The standard InChI is InChI=1S/C24H24FNO4.Na/c1-2-21-20(12-11-17(27)13-18(28)14-23(29)30)24(15-7-9-16(25)10-8-15)19-5-3-4-6-22(19)26-21;/h3-12,17-18,27-28H,2,13-14H2,1H3,(H,29,30);/q;+1/p-1/b12-11+;. The smallest absolute Gasteiger partial charge is 0.550 e. The van der Waals surface area contributed by atoms with Crippen LogP contribution in [0.4, 0.5) is 4.39 Å². The molecule has 0 aliphatic rings. The van der Waals surface area contributed by atoms with E-state index < -0.39 is 24.6 Å². The molecule has 0 aliphatic heterocycles. The van der Waals surface area contributed by atoms with Crippen molar-refractivity contribution in [3.8, 4) is 11.1 Å². The average molecular weight is 431 g/mol. The van der Waals surface area contributed by atoms with Gasteiger partial charge >= 0.3 is 29.6 Å². The minimum Gasteiger partial charge on any atom is -0.550 e. The Kier molecular flexibility index (Phi) is 9.34. The molecule has 0 bridgehead atoms. The average Bonchev–Trinajstić information content (AvgIpc) is 2.71. The summed E-state index contributed by atoms with van der Waals surface area (Å²) < 4.78 is 13.5. The maximum Gasteiger partial charge on any atom is 1.00 e. The molecule has 156 valence electrons. The van der Waals surface area contributed by atoms with E-state index >= 15 is 0 Å². The van der Waals surface area contributed by atoms with Crippen molar-refractivity contribution in [3.05, 3.63) is 71.7 Å². The number of pyridine rings is 1. The molecule has 2 unspecified atom stereocenters. The van der Waals surface area contributed by atoms with Crippen molar-refractivity contribution < 1.29 is 54.1 Å². The van der Waals surface area contributed by atoms with Gasteiger partial charge in [-0.05, 0) is 30.2 Å². The number of carboxylic acid groups (broad SMARTS) is 1. The van der Waals surface area contributed by atoms with Crippen LogP contribution in [0.3, 0.4) is 0 Å². The normalized spacial score (nSPS) is 13.2. The summed E-state index contributed by atoms with van der Waals surface area (Å²) >= 11 is 0. The topological polar surface area (TPSA) is 93.5 Å². The van der Waals surface area contributed by atoms with Gasteiger partial charge in [0.25, 0.3) is 0 Å². The van der Waals surface area contributed by atoms with Crippen LogP contribution in [-0.4, -0.2) is 33.4 Å². The summed E-state index contributed by atoms with van der Waals surface area (Å²) in [5, 5.41) is 31.5. The van der Waals surface area contributed by atoms with E-state index in [0.717, 1.165) is 33.3 Å². The summed E-state index contributed by atoms with van der Waals surface area (Å²) in [7, 11) is 0. The Morgan fingerprint density at radius 1 is 1.16 bits per heavy atom. The predicted octanol–water partition coefficient (Wildman–Crippen LogP) is -0.128. The molecule has 0 fully saturated rings. The third-order valence-corrected chi connectivity index (χ3v) is 4.88. The second kappa shape index (κ2) is 11.5. The molecule has 31 heavy (non-hydrogen) atoms. The van der Waals surface area contributed by atoms with E-state index in [2.05, 4.69) is 0 Å². The first kappa shape index (κ1) is 25.2. The van der Waals surface area contributed by atoms with Crippen LogP contribution in [0.15, 0.2) is 54.6 Å². The van der Waals surface area contributed by atoms with Crippen LogP contribution >= 0.6 is 0 Å². The number of carboxylic acids is 1. The Labute approximate surface area is 202 Å². The van der Waals surface area contributed by atoms with Gasteiger partial charge in [0.2, 0.25) is 0 Å². The summed E-state index contributed by atoms with van der Waals surface area (Å²) in [4.78, 5) is 15.3. The SMILES string of the molecule is CCc1nc2ccccc2c(-c2ccc(F)cc2)c1/C=C/C(O)CC(O)CC(=O)[O-].[Na+]. The Hall–Kier alpha value is -2.09. The van der Waals surface area contributed by atoms with Gasteiger partial charge < -0.3 is 20.1 Å². The number of aliphatic hydroxyl groups is 2. The monoisotopic (exact) mass is 431 g/mol. The molecule has 0 aliphatic carbocycles. The van der Waals surface area contributed by atoms with Crippen molar-refractivity contribution in [2.24, 2.45) is 0 Å². The van der Waals surface area contributed by atoms with E-state index in [1.54, 1.807) is 18.2 Å². The van der Waals surface area contributed by atoms with E-state index in [1.165, 1.54) is 18.2 Å². The number of aliphatic hydroxyl groups excluding tert-OH is 2. The number of fused-ring (bicyclic) bond motifs is 1. The molecule has 0 amide bonds. The number of para-hydroxylation sites is 1. The maximum atomic E-state index is 13.5. The number of hydrogen-bond acceptors (Lipinski definition) is 5. The number of carbonyl (C=O) groups is 1. The molecule has 1 aromatic heterocycles. The number of hydrogen-bond donors (Lipinski definition) is 2. The number of rotatable bonds is 8. The zero-order valence-electron chi connectivity index (χ0n) is 17.6. The second-order valence-corrected chi connectivity index (χ2v) is 7.12. The second-order valence-electron chi connectivity index (χ2n) is 7.12. The molecule has 0 saturated carbocycles. The van der Waals surface area contributed by atoms with E-state index in [4.69, 9.17) is 4.98 Å². The van der Waals surface area contributed by atoms with Crippen molar-refractivity contribution in [3.63, 3.8) is 0 Å². The van der Waals surface area contributed by atoms with E-state index in [-0.39, 0.29) is 41.8 Å². The molecule has 1 heterocycles. The molecular formula is C24H23FNNaO4. The molecule has 0 spiro atoms. The van der Waals surface area contributed by atoms with Crippen molar-refractivity contribution in [2.45, 2.75) is 38.4 Å². The van der Waals surface area contributed by atoms with Crippen molar-refractivity contribution in [2.75, 3.05) is 0 Å². The first-order valence-corrected chi connectivity index (χ1v) is 9.80. The van der Waals surface area contributed by atoms with Crippen molar-refractivity contribution >= 4 is 22.9 Å². The third kappa shape index (κ3) is 6.45. The first-order chi connectivity index (χ1) is 14.4. The summed E-state index contributed by atoms with van der Waals surface area (Å²) in [6, 6.07) is 13.9. The number of aliphatic carboxylic acids is 1. The van der Waals surface area contributed by atoms with Gasteiger partial charge in [-0.1, -0.05) is 49.4 Å². The van der Waals surface area contributed by atoms with Crippen LogP contribution in [0.5, 0.6) is 0 Å². The first-order valence-electron chi connectivity index (χ1n) is 9.80. The maximum absolute atomic E-state index is 13.5. The fourth-order valence-corrected chi connectivity index (χ4v) is 3.49. The van der Waals surface area contributed by atoms with Gasteiger partial charge in [-0.25, -0.2) is 4.39 Å². The van der Waals surface area contributed by atoms with Crippen LogP contribution in [0, 0.1) is 5.82 Å². The van der Waals surface area contributed by atoms with Crippen LogP contribution < -0.4 is 34.7 Å². The van der Waals surface area contributed by atoms with Crippen LogP contribution in [-0.2, 0) is 11.2 Å². The fourth-order valence-electron chi connectivity index (χ4n) is 3.49. The Morgan fingerprint density at radius 2 is 1.84 bits per heavy atom. The molecule has 2 atom stereocenters. The molecule has 5 nitrogen and oxygen atoms in total. The zero-order valence-corrected chi connectivity index (χ0v) is 19.6. The van der Waals surface area contributed by atoms with Gasteiger partial charge in [0.1, 0.15) is 5.82 Å². The molecule has 2 N–H and O–H groups in total. The third-order valence-electron chi connectivity index (χ3n) is 4.88. The van der Waals surface area contributed by atoms with Crippen molar-refractivity contribution in [1.29, 1.82) is 0 Å². The summed E-state index contributed by atoms with van der Waals surface area (Å²) in [5.74, 6) is -1.70. The van der Waals surface area contributed by atoms with Crippen LogP contribution in [0.25, 0.3) is 28.1 Å². The Bertz CT molecular complexity index is 1070. The number of benzene rings is 2. The molecule has 2 aromatic carbocycles. The summed E-state index contributed by atoms with van der Waals surface area (Å²) in [5.41, 5.74) is 4.10. The molecule has 3 rings (SSSR count). The van der Waals surface area contributed by atoms with Crippen LogP contribution in [0.2, 0.25) is 0 Å². The van der Waals surface area contributed by atoms with Gasteiger partial charge in [0, 0.05) is 41.0 Å². The predicted molar refractivity (Wildman–Crippen MR) is 112 cm³/mol. The fraction of sp³-hybridized carbons (Fsp3) is 0.250. The largest absolute Gasteiger partial charge is 1.00 e. The van der Waals surface area contributed by atoms with Gasteiger partial charge in [0.05, 0.1) is 17.7 Å². The Balaban J connectivity index is 0.00000341. The number of halogens is 1. The molecule has 0 saturated heterocycles. The number of aromatic nitrogens is 1. The van der Waals surface area contributed by atoms with Gasteiger partial charge in [-0.15, -0.1) is 0 Å². The number of nitrogens with zero attached hydrogens (tertiary/aromatic N) is 1. The van der Waals surface area contributed by atoms with E-state index in [1.807, 2.05) is 31.2 Å². The molecular weight excluding hydrogens is 408 g/mol. The zero-order chi connectivity index (χ0) is 21.7. The quantitative estimate of drug-likeness (QED) is 0.485. The minimum absolute atomic E-state index is 0. The molecule has 0 radical (unpaired) electrons. The Morgan fingerprint density at radius 3 is 2.48 bits per heavy atom. The van der Waals surface area contributed by atoms with Crippen LogP contribution in [0.1, 0.15) is 31.0 Å². The van der Waals surface area contributed by atoms with Gasteiger partial charge in [-0.3, -0.25) is 4.98 Å². The summed E-state index contributed by atoms with van der Waals surface area (Å²) in [6.45, 7) is 1.98. The molecule has 7 heteroatoms. The van der Waals surface area contributed by atoms with Gasteiger partial charge in [-0.2, -0.15) is 0 Å². The number of carbonyl (C=O) groups excluding carboxylic acids is 1. The molecule has 3 aromatic rings. The summed E-state index contributed by atoms with van der Waals surface area (Å²) in [6.07, 6.45) is 0.969. The number of aryl methyl sites for hydroxylation is 1. The van der Waals surface area contributed by atoms with E-state index in [0.29, 0.717) is 6.42 Å².